The predicted molar refractivity (Wildman–Crippen MR) is 106 cm³/mol. The Labute approximate surface area is 163 Å². The zero-order valence-electron chi connectivity index (χ0n) is 15.5. The van der Waals surface area contributed by atoms with Gasteiger partial charge in [-0.2, -0.15) is 0 Å². The van der Waals surface area contributed by atoms with Crippen molar-refractivity contribution < 1.29 is 9.59 Å². The van der Waals surface area contributed by atoms with Gasteiger partial charge in [0.1, 0.15) is 5.01 Å². The summed E-state index contributed by atoms with van der Waals surface area (Å²) >= 11 is 1.39. The Morgan fingerprint density at radius 2 is 2.04 bits per heavy atom. The van der Waals surface area contributed by atoms with E-state index in [4.69, 9.17) is 0 Å². The van der Waals surface area contributed by atoms with Crippen LogP contribution in [0.15, 0.2) is 24.3 Å². The molecule has 0 unspecified atom stereocenters. The summed E-state index contributed by atoms with van der Waals surface area (Å²) in [5, 5.41) is 12.7. The van der Waals surface area contributed by atoms with E-state index in [1.54, 1.807) is 0 Å². The number of nitrogens with zero attached hydrogens (tertiary/aromatic N) is 3. The quantitative estimate of drug-likeness (QED) is 0.868. The van der Waals surface area contributed by atoms with Gasteiger partial charge in [0.15, 0.2) is 0 Å². The van der Waals surface area contributed by atoms with E-state index in [0.717, 1.165) is 41.9 Å². The minimum Gasteiger partial charge on any atom is -0.312 e. The van der Waals surface area contributed by atoms with Crippen molar-refractivity contribution in [1.29, 1.82) is 0 Å². The average Bonchev–Trinajstić information content (AvgIpc) is 3.29. The van der Waals surface area contributed by atoms with Crippen LogP contribution in [0, 0.1) is 12.8 Å². The lowest BCUT2D eigenvalue weighted by molar-refractivity contribution is -0.120. The first kappa shape index (κ1) is 18.1. The number of aryl methyl sites for hydroxylation is 1. The molecule has 1 aliphatic heterocycles. The van der Waals surface area contributed by atoms with Gasteiger partial charge >= 0.3 is 0 Å². The zero-order valence-corrected chi connectivity index (χ0v) is 16.3. The molecule has 1 saturated carbocycles. The third-order valence-corrected chi connectivity index (χ3v) is 6.44. The van der Waals surface area contributed by atoms with Crippen LogP contribution in [-0.2, 0) is 9.59 Å². The maximum absolute atomic E-state index is 12.5. The normalized spacial score (nSPS) is 20.9. The van der Waals surface area contributed by atoms with Crippen molar-refractivity contribution in [2.24, 2.45) is 5.92 Å². The van der Waals surface area contributed by atoms with Gasteiger partial charge < -0.3 is 10.2 Å². The summed E-state index contributed by atoms with van der Waals surface area (Å²) in [5.74, 6) is 0.279. The SMILES string of the molecule is Cc1cccc(N2C[C@@H](c3nnc(NC(=O)C4CCCCC4)s3)CC2=O)c1. The fourth-order valence-corrected chi connectivity index (χ4v) is 4.78. The highest BCUT2D eigenvalue weighted by Gasteiger charge is 2.34. The third-order valence-electron chi connectivity index (χ3n) is 5.43. The Kier molecular flexibility index (Phi) is 5.20. The number of carbonyl (C=O) groups excluding carboxylic acids is 2. The molecule has 6 nitrogen and oxygen atoms in total. The minimum atomic E-state index is 0.0239. The largest absolute Gasteiger partial charge is 0.312 e. The monoisotopic (exact) mass is 384 g/mol. The first-order valence-corrected chi connectivity index (χ1v) is 10.4. The molecule has 142 valence electrons. The van der Waals surface area contributed by atoms with Gasteiger partial charge in [0.2, 0.25) is 16.9 Å². The molecule has 4 rings (SSSR count). The van der Waals surface area contributed by atoms with Gasteiger partial charge in [-0.15, -0.1) is 10.2 Å². The van der Waals surface area contributed by atoms with E-state index >= 15 is 0 Å². The molecule has 2 fully saturated rings. The molecule has 1 atom stereocenters. The molecule has 0 radical (unpaired) electrons. The molecule has 1 aliphatic carbocycles. The van der Waals surface area contributed by atoms with Crippen LogP contribution in [0.4, 0.5) is 10.8 Å². The molecule has 2 amide bonds. The molecule has 2 aliphatic rings. The maximum Gasteiger partial charge on any atom is 0.229 e. The van der Waals surface area contributed by atoms with Gasteiger partial charge in [0, 0.05) is 30.5 Å². The summed E-state index contributed by atoms with van der Waals surface area (Å²) in [4.78, 5) is 26.7. The number of aromatic nitrogens is 2. The molecule has 0 spiro atoms. The number of carbonyl (C=O) groups is 2. The zero-order chi connectivity index (χ0) is 18.8. The number of hydrogen-bond donors (Lipinski definition) is 1. The van der Waals surface area contributed by atoms with Gasteiger partial charge in [0.05, 0.1) is 0 Å². The molecule has 2 heterocycles. The molecule has 7 heteroatoms. The molecule has 1 N–H and O–H groups in total. The molecule has 1 saturated heterocycles. The lowest BCUT2D eigenvalue weighted by Crippen LogP contribution is -2.24. The maximum atomic E-state index is 12.5. The van der Waals surface area contributed by atoms with Crippen molar-refractivity contribution in [3.8, 4) is 0 Å². The van der Waals surface area contributed by atoms with Crippen molar-refractivity contribution in [2.45, 2.75) is 51.4 Å². The summed E-state index contributed by atoms with van der Waals surface area (Å²) < 4.78 is 0. The highest BCUT2D eigenvalue weighted by atomic mass is 32.1. The van der Waals surface area contributed by atoms with Crippen molar-refractivity contribution in [3.05, 3.63) is 34.8 Å². The van der Waals surface area contributed by atoms with Gasteiger partial charge in [-0.25, -0.2) is 0 Å². The van der Waals surface area contributed by atoms with Crippen molar-refractivity contribution in [2.75, 3.05) is 16.8 Å². The van der Waals surface area contributed by atoms with Gasteiger partial charge in [-0.05, 0) is 37.5 Å². The fourth-order valence-electron chi connectivity index (χ4n) is 3.94. The number of amides is 2. The molecule has 27 heavy (non-hydrogen) atoms. The first-order valence-electron chi connectivity index (χ1n) is 9.61. The number of anilines is 2. The van der Waals surface area contributed by atoms with Crippen LogP contribution < -0.4 is 10.2 Å². The molecular formula is C20H24N4O2S. The van der Waals surface area contributed by atoms with E-state index in [9.17, 15) is 9.59 Å². The lowest BCUT2D eigenvalue weighted by atomic mass is 9.89. The Balaban J connectivity index is 1.41. The topological polar surface area (TPSA) is 75.2 Å². The van der Waals surface area contributed by atoms with E-state index in [1.165, 1.54) is 17.8 Å². The predicted octanol–water partition coefficient (Wildman–Crippen LogP) is 3.89. The summed E-state index contributed by atoms with van der Waals surface area (Å²) in [6.45, 7) is 2.63. The van der Waals surface area contributed by atoms with E-state index in [2.05, 4.69) is 15.5 Å². The van der Waals surface area contributed by atoms with Crippen LogP contribution in [0.25, 0.3) is 0 Å². The van der Waals surface area contributed by atoms with E-state index in [1.807, 2.05) is 36.1 Å². The number of benzene rings is 1. The Bertz CT molecular complexity index is 844. The van der Waals surface area contributed by atoms with E-state index in [0.29, 0.717) is 18.1 Å². The van der Waals surface area contributed by atoms with Crippen LogP contribution >= 0.6 is 11.3 Å². The Morgan fingerprint density at radius 1 is 1.22 bits per heavy atom. The van der Waals surface area contributed by atoms with Crippen molar-refractivity contribution >= 4 is 34.0 Å². The van der Waals surface area contributed by atoms with Gasteiger partial charge in [-0.3, -0.25) is 9.59 Å². The van der Waals surface area contributed by atoms with E-state index < -0.39 is 0 Å². The molecule has 1 aromatic carbocycles. The minimum absolute atomic E-state index is 0.0239. The summed E-state index contributed by atoms with van der Waals surface area (Å²) in [6, 6.07) is 7.97. The standard InChI is InChI=1S/C20H24N4O2S/c1-13-6-5-9-16(10-13)24-12-15(11-17(24)25)19-22-23-20(27-19)21-18(26)14-7-3-2-4-8-14/h5-6,9-10,14-15H,2-4,7-8,11-12H2,1H3,(H,21,23,26)/t15-/m0/s1. The second-order valence-corrected chi connectivity index (χ2v) is 8.52. The Morgan fingerprint density at radius 3 is 2.81 bits per heavy atom. The van der Waals surface area contributed by atoms with Crippen molar-refractivity contribution in [1.82, 2.24) is 10.2 Å². The summed E-state index contributed by atoms with van der Waals surface area (Å²) in [5.41, 5.74) is 2.06. The third kappa shape index (κ3) is 4.03. The van der Waals surface area contributed by atoms with E-state index in [-0.39, 0.29) is 23.7 Å². The highest BCUT2D eigenvalue weighted by Crippen LogP contribution is 2.35. The number of hydrogen-bond acceptors (Lipinski definition) is 5. The highest BCUT2D eigenvalue weighted by molar-refractivity contribution is 7.15. The molecule has 0 bridgehead atoms. The molecular weight excluding hydrogens is 360 g/mol. The van der Waals surface area contributed by atoms with Crippen LogP contribution in [0.5, 0.6) is 0 Å². The van der Waals surface area contributed by atoms with Crippen LogP contribution in [-0.4, -0.2) is 28.6 Å². The second-order valence-electron chi connectivity index (χ2n) is 7.51. The van der Waals surface area contributed by atoms with Crippen LogP contribution in [0.1, 0.15) is 55.0 Å². The fraction of sp³-hybridized carbons (Fsp3) is 0.500. The van der Waals surface area contributed by atoms with Gasteiger partial charge in [-0.1, -0.05) is 42.7 Å². The molecule has 2 aromatic rings. The summed E-state index contributed by atoms with van der Waals surface area (Å²) in [7, 11) is 0. The van der Waals surface area contributed by atoms with Crippen molar-refractivity contribution in [3.63, 3.8) is 0 Å². The number of rotatable bonds is 4. The smallest absolute Gasteiger partial charge is 0.229 e. The van der Waals surface area contributed by atoms with Gasteiger partial charge in [0.25, 0.3) is 0 Å². The average molecular weight is 385 g/mol. The lowest BCUT2D eigenvalue weighted by Gasteiger charge is -2.19. The summed E-state index contributed by atoms with van der Waals surface area (Å²) in [6.07, 6.45) is 5.82. The Hall–Kier alpha value is -2.28. The first-order chi connectivity index (χ1) is 13.1. The van der Waals surface area contributed by atoms with Crippen LogP contribution in [0.2, 0.25) is 0 Å². The number of nitrogens with one attached hydrogen (secondary N) is 1. The second kappa shape index (κ2) is 7.76. The van der Waals surface area contributed by atoms with Crippen LogP contribution in [0.3, 0.4) is 0 Å². The molecule has 1 aromatic heterocycles.